The molecule has 0 radical (unpaired) electrons. The van der Waals surface area contributed by atoms with Crippen LogP contribution in [-0.4, -0.2) is 28.8 Å². The van der Waals surface area contributed by atoms with E-state index in [0.717, 1.165) is 0 Å². The Hall–Kier alpha value is -3.74. The minimum atomic E-state index is -1.08. The summed E-state index contributed by atoms with van der Waals surface area (Å²) < 4.78 is 0. The Morgan fingerprint density at radius 3 is 2.43 bits per heavy atom. The van der Waals surface area contributed by atoms with Gasteiger partial charge in [0.25, 0.3) is 5.91 Å². The molecule has 30 heavy (non-hydrogen) atoms. The largest absolute Gasteiger partial charge is 0.478 e. The monoisotopic (exact) mass is 404 g/mol. The topological polar surface area (TPSA) is 104 Å². The van der Waals surface area contributed by atoms with Crippen molar-refractivity contribution in [1.29, 1.82) is 0 Å². The first-order valence-corrected chi connectivity index (χ1v) is 9.66. The van der Waals surface area contributed by atoms with Gasteiger partial charge in [0.1, 0.15) is 0 Å². The molecule has 1 aliphatic carbocycles. The maximum absolute atomic E-state index is 12.9. The van der Waals surface area contributed by atoms with Gasteiger partial charge in [-0.3, -0.25) is 19.3 Å². The molecule has 7 nitrogen and oxygen atoms in total. The normalized spacial score (nSPS) is 22.7. The number of hydrogen-bond acceptors (Lipinski definition) is 4. The molecule has 1 saturated heterocycles. The zero-order chi connectivity index (χ0) is 21.4. The van der Waals surface area contributed by atoms with Gasteiger partial charge in [-0.2, -0.15) is 0 Å². The highest BCUT2D eigenvalue weighted by molar-refractivity contribution is 6.22. The smallest absolute Gasteiger partial charge is 0.335 e. The molecule has 0 spiro atoms. The lowest BCUT2D eigenvalue weighted by Crippen LogP contribution is -2.31. The molecule has 1 fully saturated rings. The standard InChI is InChI=1S/C23H20N2O5/c1-13-4-2-7-18-19(13)22(28)25(21(18)27)17-10-8-14(9-11-17)20(26)24-16-6-3-5-15(12-16)23(29)30/h2-6,8-13,18-19H,7H2,1H3,(H,24,26)(H,29,30)/t13-,18-,19-/m1/s1. The van der Waals surface area contributed by atoms with E-state index >= 15 is 0 Å². The number of imide groups is 1. The summed E-state index contributed by atoms with van der Waals surface area (Å²) in [7, 11) is 0. The van der Waals surface area contributed by atoms with Gasteiger partial charge in [-0.25, -0.2) is 4.79 Å². The Balaban J connectivity index is 1.51. The first-order valence-electron chi connectivity index (χ1n) is 9.66. The molecule has 1 aliphatic heterocycles. The average molecular weight is 404 g/mol. The third-order valence-corrected chi connectivity index (χ3v) is 5.63. The van der Waals surface area contributed by atoms with Gasteiger partial charge in [0.2, 0.25) is 11.8 Å². The van der Waals surface area contributed by atoms with Crippen molar-refractivity contribution in [3.05, 3.63) is 71.8 Å². The first kappa shape index (κ1) is 19.6. The highest BCUT2D eigenvalue weighted by Crippen LogP contribution is 2.40. The molecular weight excluding hydrogens is 384 g/mol. The Kier molecular flexibility index (Phi) is 4.95. The summed E-state index contributed by atoms with van der Waals surface area (Å²) in [5.41, 5.74) is 1.20. The second-order valence-corrected chi connectivity index (χ2v) is 7.55. The quantitative estimate of drug-likeness (QED) is 0.601. The molecule has 2 N–H and O–H groups in total. The van der Waals surface area contributed by atoms with Gasteiger partial charge >= 0.3 is 5.97 Å². The molecule has 0 saturated carbocycles. The molecule has 2 aromatic carbocycles. The first-order chi connectivity index (χ1) is 14.4. The van der Waals surface area contributed by atoms with Crippen LogP contribution in [0.3, 0.4) is 0 Å². The van der Waals surface area contributed by atoms with E-state index in [4.69, 9.17) is 5.11 Å². The molecule has 7 heteroatoms. The van der Waals surface area contributed by atoms with E-state index in [0.29, 0.717) is 23.4 Å². The van der Waals surface area contributed by atoms with Crippen LogP contribution >= 0.6 is 0 Å². The van der Waals surface area contributed by atoms with Crippen molar-refractivity contribution in [2.45, 2.75) is 13.3 Å². The molecule has 0 bridgehead atoms. The number of amides is 3. The average Bonchev–Trinajstić information content (AvgIpc) is 2.99. The second kappa shape index (κ2) is 7.59. The predicted octanol–water partition coefficient (Wildman–Crippen LogP) is 3.34. The van der Waals surface area contributed by atoms with Crippen molar-refractivity contribution in [2.75, 3.05) is 10.2 Å². The molecule has 3 atom stereocenters. The van der Waals surface area contributed by atoms with Gasteiger partial charge in [0.05, 0.1) is 23.1 Å². The van der Waals surface area contributed by atoms with Crippen molar-refractivity contribution < 1.29 is 24.3 Å². The van der Waals surface area contributed by atoms with Crippen LogP contribution in [0.2, 0.25) is 0 Å². The third-order valence-electron chi connectivity index (χ3n) is 5.63. The van der Waals surface area contributed by atoms with Crippen LogP contribution in [0.4, 0.5) is 11.4 Å². The third kappa shape index (κ3) is 3.39. The number of carbonyl (C=O) groups is 4. The van der Waals surface area contributed by atoms with Crippen LogP contribution in [0, 0.1) is 17.8 Å². The summed E-state index contributed by atoms with van der Waals surface area (Å²) in [6, 6.07) is 12.2. The van der Waals surface area contributed by atoms with Gasteiger partial charge in [-0.1, -0.05) is 25.1 Å². The lowest BCUT2D eigenvalue weighted by molar-refractivity contribution is -0.122. The van der Waals surface area contributed by atoms with Crippen LogP contribution in [0.5, 0.6) is 0 Å². The molecule has 4 rings (SSSR count). The minimum absolute atomic E-state index is 0.0109. The maximum atomic E-state index is 12.9. The number of nitrogens with one attached hydrogen (secondary N) is 1. The molecule has 0 aromatic heterocycles. The number of allylic oxidation sites excluding steroid dienone is 2. The Morgan fingerprint density at radius 2 is 1.77 bits per heavy atom. The van der Waals surface area contributed by atoms with Crippen LogP contribution in [0.1, 0.15) is 34.1 Å². The lowest BCUT2D eigenvalue weighted by atomic mass is 9.78. The molecule has 0 unspecified atom stereocenters. The summed E-state index contributed by atoms with van der Waals surface area (Å²) in [5, 5.41) is 11.7. The summed E-state index contributed by atoms with van der Waals surface area (Å²) >= 11 is 0. The van der Waals surface area contributed by atoms with Crippen molar-refractivity contribution in [3.8, 4) is 0 Å². The van der Waals surface area contributed by atoms with E-state index in [9.17, 15) is 19.2 Å². The van der Waals surface area contributed by atoms with Gasteiger partial charge in [-0.15, -0.1) is 0 Å². The lowest BCUT2D eigenvalue weighted by Gasteiger charge is -2.22. The van der Waals surface area contributed by atoms with Crippen molar-refractivity contribution in [2.24, 2.45) is 17.8 Å². The number of carboxylic acids is 1. The summed E-state index contributed by atoms with van der Waals surface area (Å²) in [6.07, 6.45) is 4.49. The fraction of sp³-hybridized carbons (Fsp3) is 0.217. The number of rotatable bonds is 4. The Bertz CT molecular complexity index is 1070. The van der Waals surface area contributed by atoms with E-state index in [-0.39, 0.29) is 35.1 Å². The molecule has 1 heterocycles. The van der Waals surface area contributed by atoms with Crippen LogP contribution in [-0.2, 0) is 9.59 Å². The number of hydrogen-bond donors (Lipinski definition) is 2. The van der Waals surface area contributed by atoms with Crippen molar-refractivity contribution >= 4 is 35.1 Å². The maximum Gasteiger partial charge on any atom is 0.335 e. The summed E-state index contributed by atoms with van der Waals surface area (Å²) in [4.78, 5) is 50.4. The van der Waals surface area contributed by atoms with Gasteiger partial charge in [0.15, 0.2) is 0 Å². The van der Waals surface area contributed by atoms with E-state index in [1.165, 1.54) is 29.2 Å². The minimum Gasteiger partial charge on any atom is -0.478 e. The second-order valence-electron chi connectivity index (χ2n) is 7.55. The SMILES string of the molecule is C[C@@H]1C=CC[C@H]2C(=O)N(c3ccc(C(=O)Nc4cccc(C(=O)O)c4)cc3)C(=O)[C@H]12. The summed E-state index contributed by atoms with van der Waals surface area (Å²) in [5.74, 6) is -2.57. The Morgan fingerprint density at radius 1 is 1.03 bits per heavy atom. The highest BCUT2D eigenvalue weighted by atomic mass is 16.4. The number of nitrogens with zero attached hydrogens (tertiary/aromatic N) is 1. The van der Waals surface area contributed by atoms with Crippen LogP contribution in [0.15, 0.2) is 60.7 Å². The number of carboxylic acid groups (broad SMARTS) is 1. The fourth-order valence-corrected chi connectivity index (χ4v) is 4.10. The molecular formula is C23H20N2O5. The zero-order valence-corrected chi connectivity index (χ0v) is 16.2. The van der Waals surface area contributed by atoms with Crippen molar-refractivity contribution in [3.63, 3.8) is 0 Å². The van der Waals surface area contributed by atoms with E-state index in [1.807, 2.05) is 19.1 Å². The molecule has 152 valence electrons. The fourth-order valence-electron chi connectivity index (χ4n) is 4.10. The number of fused-ring (bicyclic) bond motifs is 1. The number of carbonyl (C=O) groups excluding carboxylic acids is 3. The van der Waals surface area contributed by atoms with Gasteiger partial charge in [0, 0.05) is 11.3 Å². The van der Waals surface area contributed by atoms with Crippen molar-refractivity contribution in [1.82, 2.24) is 0 Å². The molecule has 3 amide bonds. The summed E-state index contributed by atoms with van der Waals surface area (Å²) in [6.45, 7) is 1.94. The van der Waals surface area contributed by atoms with E-state index in [2.05, 4.69) is 5.32 Å². The predicted molar refractivity (Wildman–Crippen MR) is 110 cm³/mol. The van der Waals surface area contributed by atoms with Gasteiger partial charge < -0.3 is 10.4 Å². The number of aromatic carboxylic acids is 1. The molecule has 2 aliphatic rings. The van der Waals surface area contributed by atoms with Gasteiger partial charge in [-0.05, 0) is 54.8 Å². The molecule has 2 aromatic rings. The van der Waals surface area contributed by atoms with Crippen LogP contribution < -0.4 is 10.2 Å². The number of benzene rings is 2. The van der Waals surface area contributed by atoms with E-state index in [1.54, 1.807) is 24.3 Å². The number of anilines is 2. The Labute approximate surface area is 173 Å². The highest BCUT2D eigenvalue weighted by Gasteiger charge is 2.50. The zero-order valence-electron chi connectivity index (χ0n) is 16.2. The van der Waals surface area contributed by atoms with E-state index < -0.39 is 11.9 Å². The van der Waals surface area contributed by atoms with Crippen LogP contribution in [0.25, 0.3) is 0 Å².